The summed E-state index contributed by atoms with van der Waals surface area (Å²) >= 11 is 1.14. The minimum atomic E-state index is -0.436. The lowest BCUT2D eigenvalue weighted by atomic mass is 10.2. The second-order valence-electron chi connectivity index (χ2n) is 7.58. The van der Waals surface area contributed by atoms with Crippen LogP contribution < -0.4 is 15.6 Å². The molecule has 1 amide bonds. The monoisotopic (exact) mass is 481 g/mol. The Kier molecular flexibility index (Phi) is 6.97. The fourth-order valence-electron chi connectivity index (χ4n) is 3.57. The molecule has 8 nitrogen and oxygen atoms in total. The summed E-state index contributed by atoms with van der Waals surface area (Å²) in [6.45, 7) is 4.53. The molecule has 0 atom stereocenters. The summed E-state index contributed by atoms with van der Waals surface area (Å²) in [5.74, 6) is -0.0536. The molecule has 0 fully saturated rings. The van der Waals surface area contributed by atoms with Gasteiger partial charge in [-0.1, -0.05) is 30.0 Å². The van der Waals surface area contributed by atoms with Crippen molar-refractivity contribution in [3.05, 3.63) is 76.0 Å². The van der Waals surface area contributed by atoms with Crippen LogP contribution in [0, 0.1) is 12.7 Å². The Balaban J connectivity index is 1.67. The van der Waals surface area contributed by atoms with Gasteiger partial charge in [-0.15, -0.1) is 0 Å². The average molecular weight is 482 g/mol. The van der Waals surface area contributed by atoms with E-state index < -0.39 is 5.82 Å². The van der Waals surface area contributed by atoms with Crippen LogP contribution in [0.2, 0.25) is 0 Å². The van der Waals surface area contributed by atoms with E-state index in [9.17, 15) is 14.0 Å². The number of nitrogens with one attached hydrogen (secondary N) is 1. The highest BCUT2D eigenvalue weighted by Gasteiger charge is 2.19. The molecule has 0 saturated carbocycles. The SMILES string of the molecule is CCn1nc(C)c2nc(SCC(=O)Nc3cccc(F)c3)n(Cc3ccc(OC)cc3)c(=O)c21. The Labute approximate surface area is 199 Å². The van der Waals surface area contributed by atoms with Gasteiger partial charge in [-0.05, 0) is 49.7 Å². The first-order valence-corrected chi connectivity index (χ1v) is 11.7. The number of fused-ring (bicyclic) bond motifs is 1. The van der Waals surface area contributed by atoms with Gasteiger partial charge in [0.05, 0.1) is 25.1 Å². The number of rotatable bonds is 8. The molecule has 176 valence electrons. The van der Waals surface area contributed by atoms with Crippen molar-refractivity contribution in [2.24, 2.45) is 0 Å². The van der Waals surface area contributed by atoms with E-state index in [0.717, 1.165) is 17.3 Å². The summed E-state index contributed by atoms with van der Waals surface area (Å²) in [7, 11) is 1.59. The first-order chi connectivity index (χ1) is 16.4. The van der Waals surface area contributed by atoms with Crippen LogP contribution in [0.15, 0.2) is 58.5 Å². The molecule has 0 saturated heterocycles. The number of amides is 1. The van der Waals surface area contributed by atoms with Gasteiger partial charge in [0.2, 0.25) is 5.91 Å². The van der Waals surface area contributed by atoms with Gasteiger partial charge in [0.25, 0.3) is 5.56 Å². The van der Waals surface area contributed by atoms with Gasteiger partial charge in [0.15, 0.2) is 10.7 Å². The van der Waals surface area contributed by atoms with Crippen LogP contribution in [0.4, 0.5) is 10.1 Å². The molecule has 2 heterocycles. The normalized spacial score (nSPS) is 11.1. The number of carbonyl (C=O) groups excluding carboxylic acids is 1. The lowest BCUT2D eigenvalue weighted by Crippen LogP contribution is -2.26. The quantitative estimate of drug-likeness (QED) is 0.304. The number of halogens is 1. The highest BCUT2D eigenvalue weighted by Crippen LogP contribution is 2.22. The number of ether oxygens (including phenoxy) is 1. The molecule has 2 aromatic heterocycles. The molecule has 2 aromatic carbocycles. The maximum atomic E-state index is 13.5. The Bertz CT molecular complexity index is 1400. The van der Waals surface area contributed by atoms with Crippen LogP contribution in [-0.4, -0.2) is 38.1 Å². The van der Waals surface area contributed by atoms with Crippen molar-refractivity contribution in [1.29, 1.82) is 0 Å². The van der Waals surface area contributed by atoms with Gasteiger partial charge in [-0.2, -0.15) is 5.10 Å². The van der Waals surface area contributed by atoms with E-state index in [2.05, 4.69) is 10.4 Å². The summed E-state index contributed by atoms with van der Waals surface area (Å²) in [6, 6.07) is 13.1. The van der Waals surface area contributed by atoms with Gasteiger partial charge in [-0.25, -0.2) is 9.37 Å². The second kappa shape index (κ2) is 10.1. The first kappa shape index (κ1) is 23.5. The number of nitrogens with zero attached hydrogens (tertiary/aromatic N) is 4. The molecule has 0 radical (unpaired) electrons. The maximum absolute atomic E-state index is 13.5. The second-order valence-corrected chi connectivity index (χ2v) is 8.52. The summed E-state index contributed by atoms with van der Waals surface area (Å²) in [6.07, 6.45) is 0. The zero-order valence-corrected chi connectivity index (χ0v) is 19.9. The Morgan fingerprint density at radius 2 is 1.97 bits per heavy atom. The van der Waals surface area contributed by atoms with E-state index in [0.29, 0.717) is 39.9 Å². The standard InChI is InChI=1S/C24H24FN5O3S/c1-4-30-22-21(15(2)28-30)27-24(34-14-20(31)26-18-7-5-6-17(25)12-18)29(23(22)32)13-16-8-10-19(33-3)11-9-16/h5-12H,4,13-14H2,1-3H3,(H,26,31). The van der Waals surface area contributed by atoms with E-state index >= 15 is 0 Å². The molecule has 0 aliphatic rings. The predicted octanol–water partition coefficient (Wildman–Crippen LogP) is 3.85. The van der Waals surface area contributed by atoms with Crippen molar-refractivity contribution in [1.82, 2.24) is 19.3 Å². The third-order valence-corrected chi connectivity index (χ3v) is 6.20. The van der Waals surface area contributed by atoms with Crippen molar-refractivity contribution in [3.8, 4) is 5.75 Å². The van der Waals surface area contributed by atoms with E-state index in [1.54, 1.807) is 29.3 Å². The van der Waals surface area contributed by atoms with Crippen LogP contribution in [0.25, 0.3) is 11.0 Å². The molecule has 0 bridgehead atoms. The van der Waals surface area contributed by atoms with Crippen molar-refractivity contribution in [2.45, 2.75) is 32.1 Å². The van der Waals surface area contributed by atoms with Gasteiger partial charge in [0.1, 0.15) is 17.1 Å². The van der Waals surface area contributed by atoms with Gasteiger partial charge in [-0.3, -0.25) is 18.8 Å². The first-order valence-electron chi connectivity index (χ1n) is 10.7. The van der Waals surface area contributed by atoms with E-state index in [4.69, 9.17) is 9.72 Å². The van der Waals surface area contributed by atoms with Crippen molar-refractivity contribution < 1.29 is 13.9 Å². The minimum Gasteiger partial charge on any atom is -0.497 e. The molecule has 1 N–H and O–H groups in total. The van der Waals surface area contributed by atoms with Crippen LogP contribution in [0.3, 0.4) is 0 Å². The topological polar surface area (TPSA) is 91.0 Å². The van der Waals surface area contributed by atoms with Crippen LogP contribution in [-0.2, 0) is 17.9 Å². The zero-order chi connectivity index (χ0) is 24.2. The number of carbonyl (C=O) groups is 1. The molecule has 0 unspecified atom stereocenters. The number of aromatic nitrogens is 4. The van der Waals surface area contributed by atoms with Gasteiger partial charge < -0.3 is 10.1 Å². The number of anilines is 1. The largest absolute Gasteiger partial charge is 0.497 e. The molecule has 34 heavy (non-hydrogen) atoms. The number of hydrogen-bond donors (Lipinski definition) is 1. The maximum Gasteiger partial charge on any atom is 0.280 e. The van der Waals surface area contributed by atoms with Crippen molar-refractivity contribution in [3.63, 3.8) is 0 Å². The smallest absolute Gasteiger partial charge is 0.280 e. The van der Waals surface area contributed by atoms with Crippen LogP contribution >= 0.6 is 11.8 Å². The summed E-state index contributed by atoms with van der Waals surface area (Å²) < 4.78 is 21.8. The van der Waals surface area contributed by atoms with Crippen LogP contribution in [0.1, 0.15) is 18.2 Å². The number of benzene rings is 2. The number of aryl methyl sites for hydroxylation is 2. The molecule has 0 spiro atoms. The van der Waals surface area contributed by atoms with Crippen molar-refractivity contribution >= 4 is 34.4 Å². The number of thioether (sulfide) groups is 1. The lowest BCUT2D eigenvalue weighted by molar-refractivity contribution is -0.113. The van der Waals surface area contributed by atoms with E-state index in [1.807, 2.05) is 31.2 Å². The summed E-state index contributed by atoms with van der Waals surface area (Å²) in [5.41, 5.74) is 2.62. The van der Waals surface area contributed by atoms with Crippen molar-refractivity contribution in [2.75, 3.05) is 18.2 Å². The Hall–Kier alpha value is -3.66. The summed E-state index contributed by atoms with van der Waals surface area (Å²) in [5, 5.41) is 7.51. The third-order valence-electron chi connectivity index (χ3n) is 5.22. The van der Waals surface area contributed by atoms with Gasteiger partial charge in [0, 0.05) is 12.2 Å². The number of methoxy groups -OCH3 is 1. The molecular formula is C24H24FN5O3S. The van der Waals surface area contributed by atoms with Crippen LogP contribution in [0.5, 0.6) is 5.75 Å². The fourth-order valence-corrected chi connectivity index (χ4v) is 4.37. The molecule has 0 aliphatic carbocycles. The highest BCUT2D eigenvalue weighted by atomic mass is 32.2. The van der Waals surface area contributed by atoms with E-state index in [1.165, 1.54) is 18.2 Å². The molecule has 10 heteroatoms. The molecule has 4 rings (SSSR count). The summed E-state index contributed by atoms with van der Waals surface area (Å²) in [4.78, 5) is 30.7. The predicted molar refractivity (Wildman–Crippen MR) is 130 cm³/mol. The lowest BCUT2D eigenvalue weighted by Gasteiger charge is -2.13. The molecule has 4 aromatic rings. The zero-order valence-electron chi connectivity index (χ0n) is 19.0. The van der Waals surface area contributed by atoms with E-state index in [-0.39, 0.29) is 23.8 Å². The minimum absolute atomic E-state index is 0.00195. The van der Waals surface area contributed by atoms with Gasteiger partial charge >= 0.3 is 0 Å². The molecule has 0 aliphatic heterocycles. The highest BCUT2D eigenvalue weighted by molar-refractivity contribution is 7.99. The Morgan fingerprint density at radius 3 is 2.65 bits per heavy atom. The molecular weight excluding hydrogens is 457 g/mol. The third kappa shape index (κ3) is 4.96. The number of hydrogen-bond acceptors (Lipinski definition) is 6. The fraction of sp³-hybridized carbons (Fsp3) is 0.250. The Morgan fingerprint density at radius 1 is 1.21 bits per heavy atom. The average Bonchev–Trinajstić information content (AvgIpc) is 3.15.